The van der Waals surface area contributed by atoms with E-state index in [4.69, 9.17) is 9.47 Å². The number of carbonyl (C=O) groups excluding carboxylic acids is 4. The highest BCUT2D eigenvalue weighted by Crippen LogP contribution is 2.32. The Hall–Kier alpha value is -1.72. The van der Waals surface area contributed by atoms with Gasteiger partial charge >= 0.3 is 23.9 Å². The van der Waals surface area contributed by atoms with Gasteiger partial charge in [0.1, 0.15) is 0 Å². The molecule has 2 unspecified atom stereocenters. The summed E-state index contributed by atoms with van der Waals surface area (Å²) in [5.41, 5.74) is 0. The maximum Gasteiger partial charge on any atom is 0.317 e. The van der Waals surface area contributed by atoms with E-state index in [0.29, 0.717) is 37.5 Å². The van der Waals surface area contributed by atoms with E-state index in [-0.39, 0.29) is 12.8 Å². The average Bonchev–Trinajstić information content (AvgIpc) is 2.72. The molecule has 0 N–H and O–H groups in total. The fourth-order valence-corrected chi connectivity index (χ4v) is 4.17. The fraction of sp³-hybridized carbons (Fsp3) is 0.846. The van der Waals surface area contributed by atoms with Crippen LogP contribution in [0.15, 0.2) is 0 Å². The topological polar surface area (TPSA) is 86.7 Å². The van der Waals surface area contributed by atoms with Crippen molar-refractivity contribution in [3.8, 4) is 0 Å². The van der Waals surface area contributed by atoms with Crippen molar-refractivity contribution in [1.29, 1.82) is 0 Å². The number of unbranched alkanes of at least 4 members (excludes halogenated alkanes) is 4. The second kappa shape index (κ2) is 16.0. The monoisotopic (exact) mass is 452 g/mol. The lowest BCUT2D eigenvalue weighted by atomic mass is 9.79. The van der Waals surface area contributed by atoms with Crippen molar-refractivity contribution in [3.05, 3.63) is 0 Å². The molecule has 0 radical (unpaired) electrons. The van der Waals surface area contributed by atoms with Crippen LogP contribution in [-0.4, -0.2) is 23.9 Å². The van der Waals surface area contributed by atoms with Crippen LogP contribution in [0.3, 0.4) is 0 Å². The van der Waals surface area contributed by atoms with Gasteiger partial charge in [-0.25, -0.2) is 0 Å². The van der Waals surface area contributed by atoms with E-state index in [0.717, 1.165) is 51.4 Å². The highest BCUT2D eigenvalue weighted by Gasteiger charge is 2.39. The van der Waals surface area contributed by atoms with E-state index >= 15 is 0 Å². The average molecular weight is 453 g/mol. The molecule has 0 amide bonds. The van der Waals surface area contributed by atoms with Crippen LogP contribution in [0.5, 0.6) is 0 Å². The van der Waals surface area contributed by atoms with Crippen molar-refractivity contribution in [3.63, 3.8) is 0 Å². The van der Waals surface area contributed by atoms with Crippen LogP contribution in [0.4, 0.5) is 0 Å². The van der Waals surface area contributed by atoms with Gasteiger partial charge in [-0.2, -0.15) is 0 Å². The van der Waals surface area contributed by atoms with Gasteiger partial charge in [-0.15, -0.1) is 0 Å². The van der Waals surface area contributed by atoms with Crippen LogP contribution in [0, 0.1) is 23.7 Å². The molecular formula is C26H44O6. The van der Waals surface area contributed by atoms with Gasteiger partial charge in [-0.3, -0.25) is 19.2 Å². The molecule has 6 heteroatoms. The fourth-order valence-electron chi connectivity index (χ4n) is 4.17. The second-order valence-electron chi connectivity index (χ2n) is 10.1. The lowest BCUT2D eigenvalue weighted by Crippen LogP contribution is -2.36. The summed E-state index contributed by atoms with van der Waals surface area (Å²) < 4.78 is 10.1. The molecule has 1 saturated carbocycles. The molecule has 0 bridgehead atoms. The summed E-state index contributed by atoms with van der Waals surface area (Å²) in [4.78, 5) is 49.2. The number of rotatable bonds is 14. The van der Waals surface area contributed by atoms with Gasteiger partial charge in [0.2, 0.25) is 0 Å². The Labute approximate surface area is 194 Å². The van der Waals surface area contributed by atoms with E-state index in [9.17, 15) is 19.2 Å². The van der Waals surface area contributed by atoms with Crippen LogP contribution in [-0.2, 0) is 28.7 Å². The minimum absolute atomic E-state index is 0.209. The summed E-state index contributed by atoms with van der Waals surface area (Å²) >= 11 is 0. The molecule has 0 aromatic rings. The van der Waals surface area contributed by atoms with Gasteiger partial charge in [0, 0.05) is 12.8 Å². The number of hydrogen-bond donors (Lipinski definition) is 0. The Morgan fingerprint density at radius 3 is 1.34 bits per heavy atom. The van der Waals surface area contributed by atoms with E-state index in [1.165, 1.54) is 0 Å². The van der Waals surface area contributed by atoms with Gasteiger partial charge in [-0.05, 0) is 37.5 Å². The molecule has 2 atom stereocenters. The first-order chi connectivity index (χ1) is 15.2. The molecule has 0 spiro atoms. The summed E-state index contributed by atoms with van der Waals surface area (Å²) in [5, 5.41) is 0. The first kappa shape index (κ1) is 28.3. The lowest BCUT2D eigenvalue weighted by Gasteiger charge is -2.27. The van der Waals surface area contributed by atoms with Gasteiger partial charge in [0.25, 0.3) is 0 Å². The van der Waals surface area contributed by atoms with E-state index in [1.54, 1.807) is 0 Å². The zero-order chi connectivity index (χ0) is 23.9. The SMILES string of the molecule is CC(C)CCCCCC(=O)OC(=O)C1CCCCC1C(=O)OC(=O)CCCCCC(C)C. The standard InChI is InChI=1S/C26H44O6/c1-19(2)13-7-5-9-17-23(27)31-25(29)21-15-11-12-16-22(21)26(30)32-24(28)18-10-6-8-14-20(3)4/h19-22H,5-18H2,1-4H3. The Bertz CT molecular complexity index is 543. The molecule has 32 heavy (non-hydrogen) atoms. The summed E-state index contributed by atoms with van der Waals surface area (Å²) in [7, 11) is 0. The van der Waals surface area contributed by atoms with Crippen molar-refractivity contribution >= 4 is 23.9 Å². The van der Waals surface area contributed by atoms with Crippen molar-refractivity contribution < 1.29 is 28.7 Å². The van der Waals surface area contributed by atoms with Gasteiger partial charge in [0.15, 0.2) is 0 Å². The molecule has 184 valence electrons. The predicted molar refractivity (Wildman–Crippen MR) is 123 cm³/mol. The highest BCUT2D eigenvalue weighted by atomic mass is 16.6. The van der Waals surface area contributed by atoms with Crippen molar-refractivity contribution in [2.45, 2.75) is 118 Å². The van der Waals surface area contributed by atoms with Crippen LogP contribution >= 0.6 is 0 Å². The normalized spacial score (nSPS) is 18.6. The van der Waals surface area contributed by atoms with Gasteiger partial charge < -0.3 is 9.47 Å². The summed E-state index contributed by atoms with van der Waals surface area (Å²) in [5.74, 6) is -2.50. The number of carbonyl (C=O) groups is 4. The Balaban J connectivity index is 2.40. The summed E-state index contributed by atoms with van der Waals surface area (Å²) in [6.07, 6.45) is 10.6. The third kappa shape index (κ3) is 12.4. The zero-order valence-corrected chi connectivity index (χ0v) is 20.7. The first-order valence-electron chi connectivity index (χ1n) is 12.7. The highest BCUT2D eigenvalue weighted by molar-refractivity contribution is 5.92. The first-order valence-corrected chi connectivity index (χ1v) is 12.7. The van der Waals surface area contributed by atoms with Crippen LogP contribution in [0.25, 0.3) is 0 Å². The van der Waals surface area contributed by atoms with Crippen LogP contribution < -0.4 is 0 Å². The molecule has 0 heterocycles. The molecule has 0 aromatic heterocycles. The minimum Gasteiger partial charge on any atom is -0.393 e. The van der Waals surface area contributed by atoms with Crippen LogP contribution in [0.1, 0.15) is 118 Å². The molecule has 1 fully saturated rings. The Kier molecular flexibility index (Phi) is 14.1. The molecule has 0 aliphatic heterocycles. The van der Waals surface area contributed by atoms with Crippen molar-refractivity contribution in [2.24, 2.45) is 23.7 Å². The van der Waals surface area contributed by atoms with Crippen LogP contribution in [0.2, 0.25) is 0 Å². The summed E-state index contributed by atoms with van der Waals surface area (Å²) in [6, 6.07) is 0. The largest absolute Gasteiger partial charge is 0.393 e. The smallest absolute Gasteiger partial charge is 0.317 e. The third-order valence-corrected chi connectivity index (χ3v) is 6.13. The quantitative estimate of drug-likeness (QED) is 0.179. The molecular weight excluding hydrogens is 408 g/mol. The zero-order valence-electron chi connectivity index (χ0n) is 20.7. The molecule has 1 aliphatic carbocycles. The molecule has 0 saturated heterocycles. The lowest BCUT2D eigenvalue weighted by molar-refractivity contribution is -0.173. The van der Waals surface area contributed by atoms with E-state index in [1.807, 2.05) is 0 Å². The third-order valence-electron chi connectivity index (χ3n) is 6.13. The maximum atomic E-state index is 12.6. The van der Waals surface area contributed by atoms with Gasteiger partial charge in [-0.1, -0.05) is 79.1 Å². The molecule has 1 aliphatic rings. The molecule has 1 rings (SSSR count). The van der Waals surface area contributed by atoms with Gasteiger partial charge in [0.05, 0.1) is 11.8 Å². The Morgan fingerprint density at radius 1 is 0.625 bits per heavy atom. The molecule has 0 aromatic carbocycles. The summed E-state index contributed by atoms with van der Waals surface area (Å²) in [6.45, 7) is 8.67. The number of esters is 4. The molecule has 6 nitrogen and oxygen atoms in total. The van der Waals surface area contributed by atoms with E-state index in [2.05, 4.69) is 27.7 Å². The Morgan fingerprint density at radius 2 is 1.00 bits per heavy atom. The maximum absolute atomic E-state index is 12.6. The number of hydrogen-bond acceptors (Lipinski definition) is 6. The van der Waals surface area contributed by atoms with Crippen molar-refractivity contribution in [1.82, 2.24) is 0 Å². The van der Waals surface area contributed by atoms with E-state index < -0.39 is 35.7 Å². The number of ether oxygens (including phenoxy) is 2. The second-order valence-corrected chi connectivity index (χ2v) is 10.1. The minimum atomic E-state index is -0.708. The van der Waals surface area contributed by atoms with Crippen molar-refractivity contribution in [2.75, 3.05) is 0 Å². The predicted octanol–water partition coefficient (Wildman–Crippen LogP) is 6.15.